The Balaban J connectivity index is 1.77. The quantitative estimate of drug-likeness (QED) is 0.264. The number of rotatable bonds is 10. The Morgan fingerprint density at radius 1 is 1.37 bits per heavy atom. The Morgan fingerprint density at radius 3 is 2.69 bits per heavy atom. The molecule has 2 amide bonds. The van der Waals surface area contributed by atoms with Gasteiger partial charge >= 0.3 is 5.97 Å². The zero-order chi connectivity index (χ0) is 25.3. The van der Waals surface area contributed by atoms with Gasteiger partial charge in [0.1, 0.15) is 11.8 Å². The molecule has 0 saturated carbocycles. The predicted molar refractivity (Wildman–Crippen MR) is 138 cm³/mol. The van der Waals surface area contributed by atoms with E-state index in [9.17, 15) is 19.5 Å². The standard InChI is InChI=1S/C25H31BrN2O6S/c1-4-11-27(15-7-9-16(33-3)10-8-15)23(31)21-25-14-17(26)20(35-25)18(24(32)34-5-2)19(25)22(30)28(21)12-6-13-29/h4,7-10,17-21,29H,1,5-6,11-14H2,2-3H3/t17?,18-,19-,20-,21?,25?/m0/s1. The van der Waals surface area contributed by atoms with Crippen LogP contribution in [0.2, 0.25) is 0 Å². The number of aliphatic hydroxyl groups is 1. The first-order chi connectivity index (χ1) is 16.8. The van der Waals surface area contributed by atoms with Gasteiger partial charge < -0.3 is 24.4 Å². The van der Waals surface area contributed by atoms with Gasteiger partial charge in [-0.05, 0) is 44.0 Å². The first kappa shape index (κ1) is 26.0. The monoisotopic (exact) mass is 566 g/mol. The van der Waals surface area contributed by atoms with Crippen LogP contribution in [0.1, 0.15) is 19.8 Å². The third kappa shape index (κ3) is 4.27. The number of aliphatic hydroxyl groups excluding tert-OH is 1. The molecular weight excluding hydrogens is 536 g/mol. The third-order valence-electron chi connectivity index (χ3n) is 7.10. The lowest BCUT2D eigenvalue weighted by Crippen LogP contribution is -2.55. The van der Waals surface area contributed by atoms with E-state index in [2.05, 4.69) is 22.5 Å². The maximum Gasteiger partial charge on any atom is 0.310 e. The number of hydrogen-bond donors (Lipinski definition) is 1. The Labute approximate surface area is 218 Å². The molecule has 3 unspecified atom stereocenters. The molecule has 3 saturated heterocycles. The first-order valence-corrected chi connectivity index (χ1v) is 13.6. The number of ether oxygens (including phenoxy) is 2. The normalized spacial score (nSPS) is 30.8. The summed E-state index contributed by atoms with van der Waals surface area (Å²) in [4.78, 5) is 44.3. The SMILES string of the molecule is C=CCN(C(=O)C1N(CCCO)C(=O)[C@@H]2[C@H](C(=O)OCC)[C@H]3SC12CC3Br)c1ccc(OC)cc1. The van der Waals surface area contributed by atoms with Crippen molar-refractivity contribution in [2.24, 2.45) is 11.8 Å². The zero-order valence-corrected chi connectivity index (χ0v) is 22.3. The van der Waals surface area contributed by atoms with Gasteiger partial charge in [-0.15, -0.1) is 18.3 Å². The van der Waals surface area contributed by atoms with E-state index in [4.69, 9.17) is 9.47 Å². The van der Waals surface area contributed by atoms with Gasteiger partial charge in [0, 0.05) is 35.5 Å². The molecule has 1 spiro atoms. The lowest BCUT2D eigenvalue weighted by molar-refractivity contribution is -0.153. The summed E-state index contributed by atoms with van der Waals surface area (Å²) in [6.45, 7) is 6.20. The van der Waals surface area contributed by atoms with E-state index in [0.29, 0.717) is 24.3 Å². The van der Waals surface area contributed by atoms with Crippen LogP contribution in [0.15, 0.2) is 36.9 Å². The number of likely N-dealkylation sites (tertiary alicyclic amines) is 1. The fraction of sp³-hybridized carbons (Fsp3) is 0.560. The number of alkyl halides is 1. The van der Waals surface area contributed by atoms with Gasteiger partial charge in [0.25, 0.3) is 5.91 Å². The third-order valence-corrected chi connectivity index (χ3v) is 10.3. The average Bonchev–Trinajstić information content (AvgIpc) is 3.44. The molecule has 3 heterocycles. The molecule has 1 aromatic rings. The highest BCUT2D eigenvalue weighted by Gasteiger charge is 2.76. The van der Waals surface area contributed by atoms with Crippen LogP contribution in [0.25, 0.3) is 0 Å². The van der Waals surface area contributed by atoms with E-state index in [-0.39, 0.29) is 54.2 Å². The van der Waals surface area contributed by atoms with Crippen LogP contribution in [-0.4, -0.2) is 82.1 Å². The van der Waals surface area contributed by atoms with Crippen LogP contribution < -0.4 is 9.64 Å². The van der Waals surface area contributed by atoms with Gasteiger partial charge in [0.05, 0.1) is 30.3 Å². The van der Waals surface area contributed by atoms with Gasteiger partial charge in [-0.3, -0.25) is 14.4 Å². The summed E-state index contributed by atoms with van der Waals surface area (Å²) in [7, 11) is 1.58. The molecule has 3 aliphatic heterocycles. The van der Waals surface area contributed by atoms with E-state index in [1.54, 1.807) is 65.9 Å². The van der Waals surface area contributed by atoms with Crippen molar-refractivity contribution in [1.29, 1.82) is 0 Å². The lowest BCUT2D eigenvalue weighted by Gasteiger charge is -2.37. The molecule has 0 radical (unpaired) electrons. The Bertz CT molecular complexity index is 991. The largest absolute Gasteiger partial charge is 0.497 e. The molecule has 35 heavy (non-hydrogen) atoms. The molecule has 4 rings (SSSR count). The van der Waals surface area contributed by atoms with Crippen LogP contribution in [-0.2, 0) is 19.1 Å². The molecule has 1 N–H and O–H groups in total. The van der Waals surface area contributed by atoms with Crippen molar-refractivity contribution in [3.63, 3.8) is 0 Å². The molecular formula is C25H31BrN2O6S. The predicted octanol–water partition coefficient (Wildman–Crippen LogP) is 2.62. The van der Waals surface area contributed by atoms with E-state index in [1.165, 1.54) is 0 Å². The Kier molecular flexibility index (Phi) is 7.83. The summed E-state index contributed by atoms with van der Waals surface area (Å²) in [5.74, 6) is -1.40. The molecule has 0 aromatic heterocycles. The van der Waals surface area contributed by atoms with Crippen LogP contribution in [0.5, 0.6) is 5.75 Å². The number of amides is 2. The van der Waals surface area contributed by atoms with Crippen LogP contribution in [0, 0.1) is 11.8 Å². The number of methoxy groups -OCH3 is 1. The molecule has 3 aliphatic rings. The minimum atomic E-state index is -0.775. The van der Waals surface area contributed by atoms with Gasteiger partial charge in [-0.25, -0.2) is 0 Å². The second-order valence-electron chi connectivity index (χ2n) is 8.96. The van der Waals surface area contributed by atoms with Gasteiger partial charge in [-0.1, -0.05) is 22.0 Å². The number of nitrogens with zero attached hydrogens (tertiary/aromatic N) is 2. The van der Waals surface area contributed by atoms with Crippen LogP contribution in [0.4, 0.5) is 5.69 Å². The molecule has 8 nitrogen and oxygen atoms in total. The van der Waals surface area contributed by atoms with Crippen molar-refractivity contribution in [2.45, 2.75) is 40.6 Å². The van der Waals surface area contributed by atoms with Gasteiger partial charge in [0.2, 0.25) is 5.91 Å². The maximum atomic E-state index is 14.3. The summed E-state index contributed by atoms with van der Waals surface area (Å²) >= 11 is 5.30. The van der Waals surface area contributed by atoms with E-state index < -0.39 is 22.6 Å². The van der Waals surface area contributed by atoms with Crippen molar-refractivity contribution in [1.82, 2.24) is 4.90 Å². The summed E-state index contributed by atoms with van der Waals surface area (Å²) in [5, 5.41) is 9.35. The molecule has 1 aromatic carbocycles. The number of carbonyl (C=O) groups excluding carboxylic acids is 3. The number of carbonyl (C=O) groups is 3. The fourth-order valence-corrected chi connectivity index (χ4v) is 9.35. The fourth-order valence-electron chi connectivity index (χ4n) is 5.76. The number of esters is 1. The van der Waals surface area contributed by atoms with Gasteiger partial charge in [-0.2, -0.15) is 0 Å². The molecule has 10 heteroatoms. The number of anilines is 1. The molecule has 190 valence electrons. The number of hydrogen-bond acceptors (Lipinski definition) is 7. The molecule has 2 bridgehead atoms. The van der Waals surface area contributed by atoms with Crippen LogP contribution in [0.3, 0.4) is 0 Å². The number of thioether (sulfide) groups is 1. The highest BCUT2D eigenvalue weighted by Crippen LogP contribution is 2.68. The average molecular weight is 568 g/mol. The molecule has 6 atom stereocenters. The minimum absolute atomic E-state index is 0.0205. The van der Waals surface area contributed by atoms with Crippen LogP contribution >= 0.6 is 27.7 Å². The Hall–Kier alpha value is -2.04. The number of benzene rings is 1. The van der Waals surface area contributed by atoms with E-state index >= 15 is 0 Å². The molecule has 0 aliphatic carbocycles. The zero-order valence-electron chi connectivity index (χ0n) is 19.9. The van der Waals surface area contributed by atoms with E-state index in [0.717, 1.165) is 0 Å². The second-order valence-corrected chi connectivity index (χ2v) is 11.7. The summed E-state index contributed by atoms with van der Waals surface area (Å²) < 4.78 is 9.86. The van der Waals surface area contributed by atoms with Gasteiger partial charge in [0.15, 0.2) is 0 Å². The summed E-state index contributed by atoms with van der Waals surface area (Å²) in [6, 6.07) is 6.40. The van der Waals surface area contributed by atoms with Crippen molar-refractivity contribution < 1.29 is 29.0 Å². The minimum Gasteiger partial charge on any atom is -0.497 e. The lowest BCUT2D eigenvalue weighted by atomic mass is 9.71. The van der Waals surface area contributed by atoms with E-state index in [1.807, 2.05) is 0 Å². The van der Waals surface area contributed by atoms with Crippen molar-refractivity contribution in [3.05, 3.63) is 36.9 Å². The highest BCUT2D eigenvalue weighted by molar-refractivity contribution is 9.09. The number of halogens is 1. The number of fused-ring (bicyclic) bond motifs is 1. The smallest absolute Gasteiger partial charge is 0.310 e. The second kappa shape index (κ2) is 10.5. The summed E-state index contributed by atoms with van der Waals surface area (Å²) in [5.41, 5.74) is 0.667. The van der Waals surface area contributed by atoms with Crippen molar-refractivity contribution in [2.75, 3.05) is 38.3 Å². The summed E-state index contributed by atoms with van der Waals surface area (Å²) in [6.07, 6.45) is 2.59. The van der Waals surface area contributed by atoms with Crippen molar-refractivity contribution >= 4 is 51.2 Å². The molecule has 3 fully saturated rings. The topological polar surface area (TPSA) is 96.4 Å². The van der Waals surface area contributed by atoms with Crippen molar-refractivity contribution in [3.8, 4) is 5.75 Å². The Morgan fingerprint density at radius 2 is 2.09 bits per heavy atom. The highest BCUT2D eigenvalue weighted by atomic mass is 79.9. The first-order valence-electron chi connectivity index (χ1n) is 11.8. The maximum absolute atomic E-state index is 14.3.